The lowest BCUT2D eigenvalue weighted by Gasteiger charge is -2.12. The molecule has 1 aromatic heterocycles. The number of hydrogen-bond donors (Lipinski definition) is 1. The van der Waals surface area contributed by atoms with Crippen LogP contribution in [0.5, 0.6) is 0 Å². The van der Waals surface area contributed by atoms with E-state index in [0.717, 1.165) is 34.2 Å². The van der Waals surface area contributed by atoms with Gasteiger partial charge in [-0.15, -0.1) is 0 Å². The van der Waals surface area contributed by atoms with Gasteiger partial charge in [-0.3, -0.25) is 0 Å². The van der Waals surface area contributed by atoms with Crippen LogP contribution in [0.25, 0.3) is 10.9 Å². The van der Waals surface area contributed by atoms with Crippen molar-refractivity contribution in [1.29, 1.82) is 0 Å². The number of nitrogens with zero attached hydrogens (tertiary/aromatic N) is 1. The second-order valence-electron chi connectivity index (χ2n) is 5.55. The first-order chi connectivity index (χ1) is 10.8. The van der Waals surface area contributed by atoms with Gasteiger partial charge >= 0.3 is 6.18 Å². The quantitative estimate of drug-likeness (QED) is 0.664. The van der Waals surface area contributed by atoms with Crippen LogP contribution in [0.3, 0.4) is 0 Å². The Labute approximate surface area is 132 Å². The SMILES string of the molecule is Cc1ccc2cc(C)c(Nc3ccc(C(F)(F)F)cc3)nc2c1. The summed E-state index contributed by atoms with van der Waals surface area (Å²) in [4.78, 5) is 4.57. The number of nitrogens with one attached hydrogen (secondary N) is 1. The molecule has 3 rings (SSSR count). The molecule has 0 atom stereocenters. The lowest BCUT2D eigenvalue weighted by Crippen LogP contribution is -2.04. The molecule has 0 saturated heterocycles. The number of aromatic nitrogens is 1. The maximum Gasteiger partial charge on any atom is 0.416 e. The van der Waals surface area contributed by atoms with Gasteiger partial charge in [0.1, 0.15) is 5.82 Å². The number of benzene rings is 2. The van der Waals surface area contributed by atoms with Crippen LogP contribution in [-0.2, 0) is 6.18 Å². The summed E-state index contributed by atoms with van der Waals surface area (Å²) in [5.41, 5.74) is 2.79. The fourth-order valence-electron chi connectivity index (χ4n) is 2.39. The normalized spacial score (nSPS) is 11.7. The Morgan fingerprint density at radius 1 is 0.913 bits per heavy atom. The number of anilines is 2. The highest BCUT2D eigenvalue weighted by Crippen LogP contribution is 2.31. The fourth-order valence-corrected chi connectivity index (χ4v) is 2.39. The predicted molar refractivity (Wildman–Crippen MR) is 85.9 cm³/mol. The van der Waals surface area contributed by atoms with Gasteiger partial charge in [0.2, 0.25) is 0 Å². The van der Waals surface area contributed by atoms with Gasteiger partial charge in [0.25, 0.3) is 0 Å². The van der Waals surface area contributed by atoms with E-state index < -0.39 is 11.7 Å². The second kappa shape index (κ2) is 5.57. The van der Waals surface area contributed by atoms with Crippen LogP contribution in [0.15, 0.2) is 48.5 Å². The molecule has 3 aromatic rings. The van der Waals surface area contributed by atoms with E-state index >= 15 is 0 Å². The van der Waals surface area contributed by atoms with Crippen molar-refractivity contribution in [3.63, 3.8) is 0 Å². The van der Waals surface area contributed by atoms with Gasteiger partial charge in [0, 0.05) is 11.1 Å². The van der Waals surface area contributed by atoms with Crippen molar-refractivity contribution in [1.82, 2.24) is 4.98 Å². The average molecular weight is 316 g/mol. The minimum absolute atomic E-state index is 0.570. The molecule has 0 aliphatic rings. The van der Waals surface area contributed by atoms with E-state index in [2.05, 4.69) is 10.3 Å². The zero-order valence-electron chi connectivity index (χ0n) is 12.7. The maximum atomic E-state index is 12.6. The molecule has 0 radical (unpaired) electrons. The van der Waals surface area contributed by atoms with Gasteiger partial charge in [-0.25, -0.2) is 4.98 Å². The zero-order chi connectivity index (χ0) is 16.6. The molecule has 1 N–H and O–H groups in total. The third-order valence-electron chi connectivity index (χ3n) is 3.64. The first-order valence-electron chi connectivity index (χ1n) is 7.15. The first kappa shape index (κ1) is 15.3. The number of pyridine rings is 1. The van der Waals surface area contributed by atoms with Gasteiger partial charge in [0.15, 0.2) is 0 Å². The molecule has 0 fully saturated rings. The van der Waals surface area contributed by atoms with Crippen LogP contribution >= 0.6 is 0 Å². The summed E-state index contributed by atoms with van der Waals surface area (Å²) in [6.07, 6.45) is -4.33. The van der Waals surface area contributed by atoms with Crippen LogP contribution < -0.4 is 5.32 Å². The molecule has 2 aromatic carbocycles. The van der Waals surface area contributed by atoms with E-state index in [9.17, 15) is 13.2 Å². The number of alkyl halides is 3. The summed E-state index contributed by atoms with van der Waals surface area (Å²) < 4.78 is 37.8. The molecule has 2 nitrogen and oxygen atoms in total. The number of rotatable bonds is 2. The molecule has 23 heavy (non-hydrogen) atoms. The highest BCUT2D eigenvalue weighted by atomic mass is 19.4. The van der Waals surface area contributed by atoms with E-state index in [-0.39, 0.29) is 0 Å². The molecule has 1 heterocycles. The van der Waals surface area contributed by atoms with Crippen molar-refractivity contribution in [2.45, 2.75) is 20.0 Å². The van der Waals surface area contributed by atoms with Crippen LogP contribution in [0.2, 0.25) is 0 Å². The number of aryl methyl sites for hydroxylation is 2. The number of halogens is 3. The summed E-state index contributed by atoms with van der Waals surface area (Å²) in [5, 5.41) is 4.12. The van der Waals surface area contributed by atoms with Crippen LogP contribution in [0, 0.1) is 13.8 Å². The first-order valence-corrected chi connectivity index (χ1v) is 7.15. The topological polar surface area (TPSA) is 24.9 Å². The van der Waals surface area contributed by atoms with E-state index in [1.54, 1.807) is 0 Å². The summed E-state index contributed by atoms with van der Waals surface area (Å²) in [7, 11) is 0. The third-order valence-corrected chi connectivity index (χ3v) is 3.64. The summed E-state index contributed by atoms with van der Waals surface area (Å²) >= 11 is 0. The third kappa shape index (κ3) is 3.28. The molecule has 5 heteroatoms. The molecule has 0 saturated carbocycles. The predicted octanol–water partition coefficient (Wildman–Crippen LogP) is 5.61. The van der Waals surface area contributed by atoms with Crippen molar-refractivity contribution in [3.8, 4) is 0 Å². The standard InChI is InChI=1S/C18H15F3N2/c1-11-3-4-13-10-12(2)17(23-16(13)9-11)22-15-7-5-14(6-8-15)18(19,20)21/h3-10H,1-2H3,(H,22,23). The van der Waals surface area contributed by atoms with E-state index in [0.29, 0.717) is 11.5 Å². The molecular weight excluding hydrogens is 301 g/mol. The minimum Gasteiger partial charge on any atom is -0.340 e. The number of hydrogen-bond acceptors (Lipinski definition) is 2. The molecule has 0 bridgehead atoms. The monoisotopic (exact) mass is 316 g/mol. The maximum absolute atomic E-state index is 12.6. The van der Waals surface area contributed by atoms with Crippen molar-refractivity contribution in [2.24, 2.45) is 0 Å². The Bertz CT molecular complexity index is 853. The van der Waals surface area contributed by atoms with Crippen LogP contribution in [0.4, 0.5) is 24.7 Å². The summed E-state index contributed by atoms with van der Waals surface area (Å²) in [6.45, 7) is 3.91. The highest BCUT2D eigenvalue weighted by Gasteiger charge is 2.29. The number of fused-ring (bicyclic) bond motifs is 1. The van der Waals surface area contributed by atoms with E-state index in [4.69, 9.17) is 0 Å². The Kier molecular flexibility index (Phi) is 3.72. The van der Waals surface area contributed by atoms with Gasteiger partial charge < -0.3 is 5.32 Å². The molecule has 0 aliphatic heterocycles. The van der Waals surface area contributed by atoms with Gasteiger partial charge in [-0.05, 0) is 61.4 Å². The Hall–Kier alpha value is -2.56. The molecule has 0 spiro atoms. The molecule has 0 unspecified atom stereocenters. The Balaban J connectivity index is 1.93. The Morgan fingerprint density at radius 3 is 2.26 bits per heavy atom. The average Bonchev–Trinajstić information content (AvgIpc) is 2.48. The fraction of sp³-hybridized carbons (Fsp3) is 0.167. The van der Waals surface area contributed by atoms with Crippen molar-refractivity contribution in [3.05, 3.63) is 65.2 Å². The van der Waals surface area contributed by atoms with Gasteiger partial charge in [0.05, 0.1) is 11.1 Å². The molecular formula is C18H15F3N2. The lowest BCUT2D eigenvalue weighted by atomic mass is 10.1. The summed E-state index contributed by atoms with van der Waals surface area (Å²) in [5.74, 6) is 0.642. The lowest BCUT2D eigenvalue weighted by molar-refractivity contribution is -0.137. The van der Waals surface area contributed by atoms with E-state index in [1.165, 1.54) is 12.1 Å². The molecule has 0 amide bonds. The Morgan fingerprint density at radius 2 is 1.61 bits per heavy atom. The smallest absolute Gasteiger partial charge is 0.340 e. The minimum atomic E-state index is -4.33. The largest absolute Gasteiger partial charge is 0.416 e. The summed E-state index contributed by atoms with van der Waals surface area (Å²) in [6, 6.07) is 12.9. The molecule has 118 valence electrons. The van der Waals surface area contributed by atoms with E-state index in [1.807, 2.05) is 38.1 Å². The van der Waals surface area contributed by atoms with Crippen molar-refractivity contribution >= 4 is 22.4 Å². The second-order valence-corrected chi connectivity index (χ2v) is 5.55. The van der Waals surface area contributed by atoms with Crippen LogP contribution in [0.1, 0.15) is 16.7 Å². The van der Waals surface area contributed by atoms with Gasteiger partial charge in [-0.2, -0.15) is 13.2 Å². The van der Waals surface area contributed by atoms with Crippen molar-refractivity contribution in [2.75, 3.05) is 5.32 Å². The zero-order valence-corrected chi connectivity index (χ0v) is 12.7. The molecule has 0 aliphatic carbocycles. The highest BCUT2D eigenvalue weighted by molar-refractivity contribution is 5.83. The van der Waals surface area contributed by atoms with Crippen molar-refractivity contribution < 1.29 is 13.2 Å². The van der Waals surface area contributed by atoms with Crippen LogP contribution in [-0.4, -0.2) is 4.98 Å². The van der Waals surface area contributed by atoms with Gasteiger partial charge in [-0.1, -0.05) is 12.1 Å².